The predicted molar refractivity (Wildman–Crippen MR) is 138 cm³/mol. The molecule has 0 aromatic carbocycles. The van der Waals surface area contributed by atoms with Crippen LogP contribution < -0.4 is 15.5 Å². The Bertz CT molecular complexity index is 1370. The molecule has 192 valence electrons. The molecule has 4 aromatic rings. The average Bonchev–Trinajstić information content (AvgIpc) is 3.51. The molecule has 0 unspecified atom stereocenters. The number of aromatic nitrogens is 6. The van der Waals surface area contributed by atoms with Gasteiger partial charge in [0.1, 0.15) is 11.6 Å². The molecule has 0 aliphatic carbocycles. The third-order valence-corrected chi connectivity index (χ3v) is 6.52. The summed E-state index contributed by atoms with van der Waals surface area (Å²) in [6, 6.07) is 9.42. The molecule has 0 radical (unpaired) electrons. The van der Waals surface area contributed by atoms with Crippen LogP contribution in [0.2, 0.25) is 0 Å². The number of nitrogens with one attached hydrogen (secondary N) is 3. The highest BCUT2D eigenvalue weighted by Gasteiger charge is 2.27. The van der Waals surface area contributed by atoms with Crippen LogP contribution in [0.25, 0.3) is 5.82 Å². The SMILES string of the molecule is Cc1cc(Nc2cc(C)[nH]n2)nc(N2CCC(C(=O)N[C@@H](C)c3ccc(-n4cc(F)cn4)nc3)CC2)c1. The quantitative estimate of drug-likeness (QED) is 0.349. The Morgan fingerprint density at radius 2 is 1.92 bits per heavy atom. The van der Waals surface area contributed by atoms with Crippen LogP contribution >= 0.6 is 0 Å². The summed E-state index contributed by atoms with van der Waals surface area (Å²) in [6.07, 6.45) is 5.58. The maximum absolute atomic E-state index is 13.2. The lowest BCUT2D eigenvalue weighted by atomic mass is 9.95. The van der Waals surface area contributed by atoms with E-state index in [2.05, 4.69) is 41.9 Å². The van der Waals surface area contributed by atoms with Crippen LogP contribution in [-0.2, 0) is 4.79 Å². The smallest absolute Gasteiger partial charge is 0.223 e. The van der Waals surface area contributed by atoms with E-state index in [1.165, 1.54) is 10.9 Å². The van der Waals surface area contributed by atoms with Gasteiger partial charge < -0.3 is 15.5 Å². The van der Waals surface area contributed by atoms with Gasteiger partial charge in [0.05, 0.1) is 18.4 Å². The highest BCUT2D eigenvalue weighted by atomic mass is 19.1. The van der Waals surface area contributed by atoms with Gasteiger partial charge in [-0.15, -0.1) is 0 Å². The fourth-order valence-corrected chi connectivity index (χ4v) is 4.49. The van der Waals surface area contributed by atoms with Crippen LogP contribution in [0.1, 0.15) is 42.6 Å². The first-order valence-electron chi connectivity index (χ1n) is 12.3. The first kappa shape index (κ1) is 24.4. The molecule has 1 saturated heterocycles. The van der Waals surface area contributed by atoms with Gasteiger partial charge in [0, 0.05) is 37.0 Å². The molecular weight excluding hydrogens is 473 g/mol. The van der Waals surface area contributed by atoms with Gasteiger partial charge in [-0.2, -0.15) is 10.2 Å². The molecule has 5 rings (SSSR count). The third kappa shape index (κ3) is 5.76. The first-order chi connectivity index (χ1) is 17.8. The molecule has 1 amide bonds. The van der Waals surface area contributed by atoms with Gasteiger partial charge in [-0.3, -0.25) is 9.89 Å². The lowest BCUT2D eigenvalue weighted by Gasteiger charge is -2.33. The molecule has 10 nitrogen and oxygen atoms in total. The number of pyridine rings is 2. The molecule has 37 heavy (non-hydrogen) atoms. The number of H-pyrrole nitrogens is 1. The first-order valence-corrected chi connectivity index (χ1v) is 12.3. The third-order valence-electron chi connectivity index (χ3n) is 6.52. The van der Waals surface area contributed by atoms with E-state index in [4.69, 9.17) is 4.98 Å². The van der Waals surface area contributed by atoms with Crippen molar-refractivity contribution >= 4 is 23.4 Å². The summed E-state index contributed by atoms with van der Waals surface area (Å²) in [5, 5.41) is 17.4. The Hall–Kier alpha value is -4.28. The Kier molecular flexibility index (Phi) is 6.85. The number of carbonyl (C=O) groups excluding carboxylic acids is 1. The maximum atomic E-state index is 13.2. The summed E-state index contributed by atoms with van der Waals surface area (Å²) < 4.78 is 14.6. The highest BCUT2D eigenvalue weighted by molar-refractivity contribution is 5.79. The number of carbonyl (C=O) groups is 1. The van der Waals surface area contributed by atoms with E-state index in [1.54, 1.807) is 12.3 Å². The number of piperidine rings is 1. The van der Waals surface area contributed by atoms with Gasteiger partial charge in [-0.1, -0.05) is 6.07 Å². The zero-order valence-corrected chi connectivity index (χ0v) is 21.1. The minimum atomic E-state index is -0.420. The van der Waals surface area contributed by atoms with Crippen LogP contribution in [-0.4, -0.2) is 48.9 Å². The monoisotopic (exact) mass is 503 g/mol. The minimum Gasteiger partial charge on any atom is -0.356 e. The Labute approximate surface area is 214 Å². The van der Waals surface area contributed by atoms with Crippen LogP contribution in [0.5, 0.6) is 0 Å². The van der Waals surface area contributed by atoms with Gasteiger partial charge in [-0.25, -0.2) is 19.0 Å². The fraction of sp³-hybridized carbons (Fsp3) is 0.346. The highest BCUT2D eigenvalue weighted by Crippen LogP contribution is 2.26. The molecule has 1 aliphatic heterocycles. The number of amides is 1. The molecule has 1 atom stereocenters. The Morgan fingerprint density at radius 3 is 2.57 bits per heavy atom. The Balaban J connectivity index is 1.16. The molecule has 5 heterocycles. The minimum absolute atomic E-state index is 0.0406. The number of rotatable bonds is 7. The zero-order chi connectivity index (χ0) is 25.9. The molecule has 0 bridgehead atoms. The van der Waals surface area contributed by atoms with Crippen molar-refractivity contribution in [3.63, 3.8) is 0 Å². The fourth-order valence-electron chi connectivity index (χ4n) is 4.49. The summed E-state index contributed by atoms with van der Waals surface area (Å²) in [6.45, 7) is 7.43. The maximum Gasteiger partial charge on any atom is 0.223 e. The van der Waals surface area contributed by atoms with Gasteiger partial charge in [0.15, 0.2) is 17.5 Å². The molecule has 11 heteroatoms. The van der Waals surface area contributed by atoms with Crippen molar-refractivity contribution in [1.29, 1.82) is 0 Å². The molecule has 3 N–H and O–H groups in total. The van der Waals surface area contributed by atoms with E-state index in [-0.39, 0.29) is 17.9 Å². The molecular formula is C26H30FN9O. The van der Waals surface area contributed by atoms with Crippen molar-refractivity contribution in [3.05, 3.63) is 71.6 Å². The van der Waals surface area contributed by atoms with Gasteiger partial charge in [0.2, 0.25) is 5.91 Å². The average molecular weight is 504 g/mol. The van der Waals surface area contributed by atoms with Crippen molar-refractivity contribution in [1.82, 2.24) is 35.3 Å². The molecule has 4 aromatic heterocycles. The molecule has 0 spiro atoms. The summed E-state index contributed by atoms with van der Waals surface area (Å²) in [7, 11) is 0. The van der Waals surface area contributed by atoms with Crippen LogP contribution in [0.4, 0.5) is 21.8 Å². The second kappa shape index (κ2) is 10.4. The van der Waals surface area contributed by atoms with E-state index in [1.807, 2.05) is 39.0 Å². The van der Waals surface area contributed by atoms with E-state index < -0.39 is 5.82 Å². The summed E-state index contributed by atoms with van der Waals surface area (Å²) in [5.74, 6) is 2.44. The number of halogens is 1. The molecule has 1 fully saturated rings. The van der Waals surface area contributed by atoms with E-state index in [0.717, 1.165) is 66.4 Å². The van der Waals surface area contributed by atoms with Crippen molar-refractivity contribution in [3.8, 4) is 5.82 Å². The summed E-state index contributed by atoms with van der Waals surface area (Å²) in [5.41, 5.74) is 2.95. The number of hydrogen-bond donors (Lipinski definition) is 3. The van der Waals surface area contributed by atoms with E-state index >= 15 is 0 Å². The van der Waals surface area contributed by atoms with Crippen molar-refractivity contribution in [2.24, 2.45) is 5.92 Å². The number of aryl methyl sites for hydroxylation is 2. The van der Waals surface area contributed by atoms with Crippen molar-refractivity contribution < 1.29 is 9.18 Å². The van der Waals surface area contributed by atoms with E-state index in [0.29, 0.717) is 5.82 Å². The normalized spacial score (nSPS) is 15.0. The predicted octanol–water partition coefficient (Wildman–Crippen LogP) is 3.98. The lowest BCUT2D eigenvalue weighted by molar-refractivity contribution is -0.126. The van der Waals surface area contributed by atoms with Crippen LogP contribution in [0, 0.1) is 25.6 Å². The van der Waals surface area contributed by atoms with Gasteiger partial charge in [-0.05, 0) is 62.9 Å². The number of nitrogens with zero attached hydrogens (tertiary/aromatic N) is 6. The van der Waals surface area contributed by atoms with Crippen molar-refractivity contribution in [2.75, 3.05) is 23.3 Å². The molecule has 1 aliphatic rings. The summed E-state index contributed by atoms with van der Waals surface area (Å²) >= 11 is 0. The standard InChI is InChI=1S/C26H30FN9O/c1-16-10-22(31-23-12-17(2)33-34-23)32-25(11-16)35-8-6-19(7-9-35)26(37)30-18(3)20-4-5-24(28-13-20)36-15-21(27)14-29-36/h4-5,10-15,18-19H,6-9H2,1-3H3,(H,30,37)(H2,31,32,33,34)/t18-/m0/s1. The van der Waals surface area contributed by atoms with Crippen LogP contribution in [0.3, 0.4) is 0 Å². The second-order valence-corrected chi connectivity index (χ2v) is 9.49. The second-order valence-electron chi connectivity index (χ2n) is 9.49. The van der Waals surface area contributed by atoms with Gasteiger partial charge in [0.25, 0.3) is 0 Å². The Morgan fingerprint density at radius 1 is 1.11 bits per heavy atom. The largest absolute Gasteiger partial charge is 0.356 e. The topological polar surface area (TPSA) is 117 Å². The van der Waals surface area contributed by atoms with Gasteiger partial charge >= 0.3 is 0 Å². The number of anilines is 3. The zero-order valence-electron chi connectivity index (χ0n) is 21.1. The lowest BCUT2D eigenvalue weighted by Crippen LogP contribution is -2.41. The van der Waals surface area contributed by atoms with Crippen LogP contribution in [0.15, 0.2) is 48.9 Å². The number of aromatic amines is 1. The van der Waals surface area contributed by atoms with E-state index in [9.17, 15) is 9.18 Å². The number of hydrogen-bond acceptors (Lipinski definition) is 7. The summed E-state index contributed by atoms with van der Waals surface area (Å²) in [4.78, 5) is 24.3. The molecule has 0 saturated carbocycles. The van der Waals surface area contributed by atoms with Crippen molar-refractivity contribution in [2.45, 2.75) is 39.7 Å².